The number of alkyl halides is 3. The zero-order valence-corrected chi connectivity index (χ0v) is 21.4. The fourth-order valence-corrected chi connectivity index (χ4v) is 10.5. The molecule has 0 spiro atoms. The molecule has 1 aromatic heterocycles. The maximum atomic E-state index is 13.7. The van der Waals surface area contributed by atoms with E-state index in [1.807, 2.05) is 12.1 Å². The Balaban J connectivity index is 1.31. The minimum absolute atomic E-state index is 0.0156. The van der Waals surface area contributed by atoms with Crippen LogP contribution in [0.15, 0.2) is 53.6 Å². The minimum Gasteiger partial charge on any atom is -0.508 e. The highest BCUT2D eigenvalue weighted by Crippen LogP contribution is 2.69. The van der Waals surface area contributed by atoms with Crippen LogP contribution in [0.2, 0.25) is 0 Å². The van der Waals surface area contributed by atoms with Crippen molar-refractivity contribution in [2.45, 2.75) is 28.8 Å². The molecule has 1 saturated heterocycles. The van der Waals surface area contributed by atoms with E-state index < -0.39 is 35.4 Å². The smallest absolute Gasteiger partial charge is 0.416 e. The number of H-pyrrole nitrogens is 1. The summed E-state index contributed by atoms with van der Waals surface area (Å²) in [5, 5.41) is 11.7. The number of thioether (sulfide) groups is 1. The molecule has 7 rings (SSSR count). The first kappa shape index (κ1) is 23.5. The van der Waals surface area contributed by atoms with Crippen LogP contribution in [0.3, 0.4) is 0 Å². The van der Waals surface area contributed by atoms with Crippen LogP contribution >= 0.6 is 35.3 Å². The van der Waals surface area contributed by atoms with Crippen molar-refractivity contribution in [2.75, 3.05) is 4.90 Å². The van der Waals surface area contributed by atoms with E-state index in [1.165, 1.54) is 23.5 Å². The molecule has 3 fully saturated rings. The first-order chi connectivity index (χ1) is 17.6. The standard InChI is InChI=1S/C26H19F3N2O3S3/c27-26(28,29)10-4-3-5-11(8-10)31-23(33)18-13-9-14(19(18)24(31)34)20-17(13)16(12-6-1-2-7-15(12)32)21-22(36-20)30-25(35)37-21/h1-8,13-14,16-20,32H,9H2,(H,30,35). The van der Waals surface area contributed by atoms with E-state index in [1.54, 1.807) is 23.9 Å². The van der Waals surface area contributed by atoms with Gasteiger partial charge in [0.05, 0.1) is 28.1 Å². The number of phenolic OH excluding ortho intramolecular Hbond substituents is 1. The van der Waals surface area contributed by atoms with Gasteiger partial charge in [-0.05, 0) is 60.7 Å². The van der Waals surface area contributed by atoms with Crippen molar-refractivity contribution >= 4 is 52.8 Å². The van der Waals surface area contributed by atoms with Crippen LogP contribution in [0.4, 0.5) is 18.9 Å². The van der Waals surface area contributed by atoms with Gasteiger partial charge in [-0.2, -0.15) is 13.2 Å². The lowest BCUT2D eigenvalue weighted by molar-refractivity contribution is -0.137. The van der Waals surface area contributed by atoms with Crippen molar-refractivity contribution < 1.29 is 27.9 Å². The number of imide groups is 1. The SMILES string of the molecule is O=C1C2C3CC(C2C(=O)N1c1cccc(C(F)(F)F)c1)C1C(c2ccccc2O)c2sc(=S)[nH]c2SC31. The van der Waals surface area contributed by atoms with Crippen molar-refractivity contribution in [3.63, 3.8) is 0 Å². The molecule has 7 unspecified atom stereocenters. The van der Waals surface area contributed by atoms with Crippen molar-refractivity contribution in [1.82, 2.24) is 4.98 Å². The quantitative estimate of drug-likeness (QED) is 0.288. The van der Waals surface area contributed by atoms with Gasteiger partial charge in [-0.15, -0.1) is 23.1 Å². The van der Waals surface area contributed by atoms with Gasteiger partial charge in [0.25, 0.3) is 0 Å². The molecule has 2 bridgehead atoms. The van der Waals surface area contributed by atoms with E-state index in [0.717, 1.165) is 32.5 Å². The summed E-state index contributed by atoms with van der Waals surface area (Å²) < 4.78 is 40.7. The molecule has 2 aromatic carbocycles. The third-order valence-corrected chi connectivity index (χ3v) is 11.4. The monoisotopic (exact) mass is 560 g/mol. The maximum Gasteiger partial charge on any atom is 0.416 e. The van der Waals surface area contributed by atoms with Crippen LogP contribution in [0.25, 0.3) is 0 Å². The summed E-state index contributed by atoms with van der Waals surface area (Å²) in [5.41, 5.74) is -0.163. The molecule has 4 aliphatic rings. The third kappa shape index (κ3) is 3.26. The number of amides is 2. The van der Waals surface area contributed by atoms with Gasteiger partial charge >= 0.3 is 6.18 Å². The number of fused-ring (bicyclic) bond motifs is 9. The number of aromatic nitrogens is 1. The van der Waals surface area contributed by atoms with E-state index >= 15 is 0 Å². The van der Waals surface area contributed by atoms with Crippen molar-refractivity contribution in [2.24, 2.45) is 29.6 Å². The molecule has 0 radical (unpaired) electrons. The van der Waals surface area contributed by atoms with Gasteiger partial charge in [0.2, 0.25) is 11.8 Å². The number of aromatic amines is 1. The summed E-state index contributed by atoms with van der Waals surface area (Å²) in [6, 6.07) is 11.6. The van der Waals surface area contributed by atoms with Crippen LogP contribution < -0.4 is 4.90 Å². The van der Waals surface area contributed by atoms with Crippen molar-refractivity contribution in [3.8, 4) is 5.75 Å². The average molecular weight is 561 g/mol. The Labute approximate surface area is 222 Å². The minimum atomic E-state index is -4.58. The van der Waals surface area contributed by atoms with Gasteiger partial charge in [-0.25, -0.2) is 0 Å². The first-order valence-corrected chi connectivity index (χ1v) is 14.0. The zero-order chi connectivity index (χ0) is 25.8. The number of halogens is 3. The summed E-state index contributed by atoms with van der Waals surface area (Å²) in [4.78, 5) is 32.6. The number of anilines is 1. The predicted octanol–water partition coefficient (Wildman–Crippen LogP) is 6.21. The highest BCUT2D eigenvalue weighted by Gasteiger charge is 2.69. The van der Waals surface area contributed by atoms with Gasteiger partial charge in [-0.1, -0.05) is 24.3 Å². The normalized spacial score (nSPS) is 32.0. The maximum absolute atomic E-state index is 13.7. The fourth-order valence-electron chi connectivity index (χ4n) is 7.19. The average Bonchev–Trinajstić information content (AvgIpc) is 3.58. The second kappa shape index (κ2) is 7.94. The lowest BCUT2D eigenvalue weighted by Gasteiger charge is -2.43. The summed E-state index contributed by atoms with van der Waals surface area (Å²) >= 11 is 8.55. The topological polar surface area (TPSA) is 73.4 Å². The first-order valence-electron chi connectivity index (χ1n) is 11.9. The second-order valence-corrected chi connectivity index (χ2v) is 13.0. The second-order valence-electron chi connectivity index (χ2n) is 10.1. The lowest BCUT2D eigenvalue weighted by atomic mass is 9.68. The third-order valence-electron chi connectivity index (χ3n) is 8.43. The van der Waals surface area contributed by atoms with Crippen LogP contribution in [0.5, 0.6) is 5.75 Å². The molecular weight excluding hydrogens is 541 g/mol. The Kier molecular flexibility index (Phi) is 5.04. The van der Waals surface area contributed by atoms with Crippen LogP contribution in [-0.2, 0) is 15.8 Å². The molecule has 2 aliphatic carbocycles. The Bertz CT molecular complexity index is 1530. The number of aromatic hydroxyl groups is 1. The molecule has 190 valence electrons. The number of hydrogen-bond donors (Lipinski definition) is 2. The fraction of sp³-hybridized carbons (Fsp3) is 0.346. The summed E-state index contributed by atoms with van der Waals surface area (Å²) in [6.45, 7) is 0. The van der Waals surface area contributed by atoms with Crippen molar-refractivity contribution in [3.05, 3.63) is 68.5 Å². The zero-order valence-electron chi connectivity index (χ0n) is 18.9. The van der Waals surface area contributed by atoms with E-state index in [2.05, 4.69) is 4.98 Å². The van der Waals surface area contributed by atoms with Crippen LogP contribution in [0, 0.1) is 33.5 Å². The Morgan fingerprint density at radius 3 is 2.49 bits per heavy atom. The summed E-state index contributed by atoms with van der Waals surface area (Å²) in [7, 11) is 0. The Hall–Kier alpha value is -2.63. The molecular formula is C26H19F3N2O3S3. The number of phenols is 1. The summed E-state index contributed by atoms with van der Waals surface area (Å²) in [5.74, 6) is -2.25. The molecule has 11 heteroatoms. The largest absolute Gasteiger partial charge is 0.508 e. The number of hydrogen-bond acceptors (Lipinski definition) is 6. The van der Waals surface area contributed by atoms with Gasteiger partial charge in [-0.3, -0.25) is 14.5 Å². The number of carbonyl (C=O) groups excluding carboxylic acids is 2. The number of para-hydroxylation sites is 1. The lowest BCUT2D eigenvalue weighted by Crippen LogP contribution is -2.42. The number of benzene rings is 2. The molecule has 2 saturated carbocycles. The number of rotatable bonds is 2. The van der Waals surface area contributed by atoms with Gasteiger partial charge in [0, 0.05) is 21.6 Å². The Morgan fingerprint density at radius 1 is 1.03 bits per heavy atom. The van der Waals surface area contributed by atoms with Crippen LogP contribution in [-0.4, -0.2) is 27.2 Å². The van der Waals surface area contributed by atoms with Crippen LogP contribution in [0.1, 0.15) is 28.3 Å². The number of carbonyl (C=O) groups is 2. The molecule has 7 atom stereocenters. The molecule has 37 heavy (non-hydrogen) atoms. The predicted molar refractivity (Wildman–Crippen MR) is 135 cm³/mol. The molecule has 3 aromatic rings. The van der Waals surface area contributed by atoms with Crippen molar-refractivity contribution in [1.29, 1.82) is 0 Å². The van der Waals surface area contributed by atoms with Gasteiger partial charge in [0.1, 0.15) is 5.75 Å². The van der Waals surface area contributed by atoms with Gasteiger partial charge in [0.15, 0.2) is 3.95 Å². The molecule has 3 heterocycles. The van der Waals surface area contributed by atoms with E-state index in [0.29, 0.717) is 10.4 Å². The number of thiazole rings is 1. The van der Waals surface area contributed by atoms with E-state index in [4.69, 9.17) is 12.2 Å². The number of nitrogens with one attached hydrogen (secondary N) is 1. The molecule has 2 N–H and O–H groups in total. The molecule has 2 aliphatic heterocycles. The van der Waals surface area contributed by atoms with E-state index in [-0.39, 0.29) is 40.4 Å². The highest BCUT2D eigenvalue weighted by molar-refractivity contribution is 8.00. The van der Waals surface area contributed by atoms with Gasteiger partial charge < -0.3 is 10.1 Å². The van der Waals surface area contributed by atoms with E-state index in [9.17, 15) is 27.9 Å². The highest BCUT2D eigenvalue weighted by atomic mass is 32.2. The molecule has 2 amide bonds. The number of nitrogens with zero attached hydrogens (tertiary/aromatic N) is 1. The molecule has 5 nitrogen and oxygen atoms in total. The summed E-state index contributed by atoms with van der Waals surface area (Å²) in [6.07, 6.45) is -3.88. The Morgan fingerprint density at radius 2 is 1.76 bits per heavy atom.